The van der Waals surface area contributed by atoms with Crippen LogP contribution in [0.5, 0.6) is 0 Å². The molecule has 3 rings (SSSR count). The molecule has 142 valence electrons. The lowest BCUT2D eigenvalue weighted by Gasteiger charge is -2.19. The van der Waals surface area contributed by atoms with E-state index >= 15 is 0 Å². The summed E-state index contributed by atoms with van der Waals surface area (Å²) in [5, 5.41) is 2.94. The van der Waals surface area contributed by atoms with E-state index in [1.54, 1.807) is 30.3 Å². The Bertz CT molecular complexity index is 836. The number of hydrogen-bond acceptors (Lipinski definition) is 5. The Kier molecular flexibility index (Phi) is 6.86. The van der Waals surface area contributed by atoms with E-state index in [1.165, 1.54) is 12.3 Å². The van der Waals surface area contributed by atoms with Gasteiger partial charge in [-0.1, -0.05) is 24.6 Å². The number of nitrogens with one attached hydrogen (secondary N) is 1. The van der Waals surface area contributed by atoms with E-state index in [0.717, 1.165) is 19.3 Å². The predicted octanol–water partition coefficient (Wildman–Crippen LogP) is 2.53. The molecule has 0 aliphatic heterocycles. The largest absolute Gasteiger partial charge is 0.459 e. The van der Waals surface area contributed by atoms with Crippen LogP contribution in [0.4, 0.5) is 0 Å². The number of nitrogens with two attached hydrogens (primary N) is 1. The highest BCUT2D eigenvalue weighted by Gasteiger charge is 2.30. The molecular weight excluding hydrogens is 376 g/mol. The molecule has 0 radical (unpaired) electrons. The number of carbonyl (C=O) groups is 1. The van der Waals surface area contributed by atoms with Crippen molar-refractivity contribution in [2.75, 3.05) is 6.54 Å². The third kappa shape index (κ3) is 4.47. The first kappa shape index (κ1) is 20.5. The van der Waals surface area contributed by atoms with Gasteiger partial charge in [0.1, 0.15) is 0 Å². The second-order valence-corrected chi connectivity index (χ2v) is 8.34. The van der Waals surface area contributed by atoms with Gasteiger partial charge in [0.2, 0.25) is 0 Å². The highest BCUT2D eigenvalue weighted by Crippen LogP contribution is 2.26. The summed E-state index contributed by atoms with van der Waals surface area (Å²) < 4.78 is 30.3. The predicted molar refractivity (Wildman–Crippen MR) is 101 cm³/mol. The topological polar surface area (TPSA) is 102 Å². The molecule has 1 heterocycles. The molecular formula is C18H23ClN2O4S. The van der Waals surface area contributed by atoms with Crippen molar-refractivity contribution >= 4 is 28.2 Å². The van der Waals surface area contributed by atoms with Crippen LogP contribution in [-0.2, 0) is 15.6 Å². The average molecular weight is 399 g/mol. The number of furan rings is 1. The molecule has 1 aliphatic rings. The van der Waals surface area contributed by atoms with E-state index in [9.17, 15) is 13.2 Å². The van der Waals surface area contributed by atoms with E-state index in [-0.39, 0.29) is 46.7 Å². The fourth-order valence-electron chi connectivity index (χ4n) is 3.31. The molecule has 0 spiro atoms. The molecule has 0 bridgehead atoms. The minimum Gasteiger partial charge on any atom is -0.459 e. The van der Waals surface area contributed by atoms with Gasteiger partial charge in [0.05, 0.1) is 16.9 Å². The summed E-state index contributed by atoms with van der Waals surface area (Å²) in [5.74, 6) is -0.340. The van der Waals surface area contributed by atoms with Gasteiger partial charge in [0, 0.05) is 11.6 Å². The first-order chi connectivity index (χ1) is 12.0. The Hall–Kier alpha value is -1.83. The number of sulfone groups is 1. The summed E-state index contributed by atoms with van der Waals surface area (Å²) in [5.41, 5.74) is 6.11. The first-order valence-electron chi connectivity index (χ1n) is 8.36. The summed E-state index contributed by atoms with van der Waals surface area (Å²) in [6, 6.07) is 9.72. The van der Waals surface area contributed by atoms with Crippen LogP contribution in [0.3, 0.4) is 0 Å². The monoisotopic (exact) mass is 398 g/mol. The zero-order chi connectivity index (χ0) is 17.9. The van der Waals surface area contributed by atoms with Crippen molar-refractivity contribution in [3.05, 3.63) is 54.0 Å². The molecule has 3 N–H and O–H groups in total. The molecule has 1 aromatic carbocycles. The summed E-state index contributed by atoms with van der Waals surface area (Å²) in [6.45, 7) is 0.526. The average Bonchev–Trinajstić information content (AvgIpc) is 3.24. The molecule has 1 saturated carbocycles. The van der Waals surface area contributed by atoms with Gasteiger partial charge >= 0.3 is 0 Å². The lowest BCUT2D eigenvalue weighted by Crippen LogP contribution is -2.40. The maximum Gasteiger partial charge on any atom is 0.287 e. The molecule has 2 unspecified atom stereocenters. The zero-order valence-electron chi connectivity index (χ0n) is 14.3. The van der Waals surface area contributed by atoms with Crippen molar-refractivity contribution in [3.63, 3.8) is 0 Å². The maximum absolute atomic E-state index is 12.5. The van der Waals surface area contributed by atoms with E-state index < -0.39 is 9.84 Å². The first-order valence-corrected chi connectivity index (χ1v) is 10.0. The Labute approximate surface area is 159 Å². The van der Waals surface area contributed by atoms with Crippen LogP contribution in [0, 0.1) is 5.92 Å². The minimum absolute atomic E-state index is 0. The number of halogens is 1. The van der Waals surface area contributed by atoms with Gasteiger partial charge in [0.25, 0.3) is 5.91 Å². The Morgan fingerprint density at radius 2 is 1.92 bits per heavy atom. The molecule has 6 nitrogen and oxygen atoms in total. The molecule has 1 amide bonds. The lowest BCUT2D eigenvalue weighted by atomic mass is 10.0. The van der Waals surface area contributed by atoms with Crippen LogP contribution >= 0.6 is 12.4 Å². The molecule has 1 aromatic heterocycles. The molecule has 26 heavy (non-hydrogen) atoms. The fraction of sp³-hybridized carbons (Fsp3) is 0.389. The van der Waals surface area contributed by atoms with Crippen LogP contribution in [-0.4, -0.2) is 26.9 Å². The zero-order valence-corrected chi connectivity index (χ0v) is 15.9. The smallest absolute Gasteiger partial charge is 0.287 e. The molecule has 2 atom stereocenters. The van der Waals surface area contributed by atoms with Gasteiger partial charge in [-0.05, 0) is 43.5 Å². The molecule has 1 aliphatic carbocycles. The van der Waals surface area contributed by atoms with E-state index in [0.29, 0.717) is 12.1 Å². The molecule has 8 heteroatoms. The van der Waals surface area contributed by atoms with Crippen molar-refractivity contribution < 1.29 is 17.6 Å². The Balaban J connectivity index is 0.00000243. The quantitative estimate of drug-likeness (QED) is 0.778. The molecule has 0 saturated heterocycles. The second-order valence-electron chi connectivity index (χ2n) is 6.35. The van der Waals surface area contributed by atoms with Gasteiger partial charge in [-0.2, -0.15) is 0 Å². The van der Waals surface area contributed by atoms with Gasteiger partial charge < -0.3 is 15.5 Å². The van der Waals surface area contributed by atoms with Gasteiger partial charge in [-0.15, -0.1) is 12.4 Å². The highest BCUT2D eigenvalue weighted by molar-refractivity contribution is 7.90. The summed E-state index contributed by atoms with van der Waals surface area (Å²) in [6.07, 6.45) is 4.25. The maximum atomic E-state index is 12.5. The molecule has 1 fully saturated rings. The van der Waals surface area contributed by atoms with E-state index in [4.69, 9.17) is 10.2 Å². The Morgan fingerprint density at radius 3 is 2.62 bits per heavy atom. The normalized spacial score (nSPS) is 19.7. The number of carbonyl (C=O) groups excluding carboxylic acids is 1. The highest BCUT2D eigenvalue weighted by atomic mass is 35.5. The third-order valence-electron chi connectivity index (χ3n) is 4.68. The second kappa shape index (κ2) is 8.70. The Morgan fingerprint density at radius 1 is 1.19 bits per heavy atom. The van der Waals surface area contributed by atoms with Crippen LogP contribution in [0.25, 0.3) is 0 Å². The van der Waals surface area contributed by atoms with Gasteiger partial charge in [-0.3, -0.25) is 4.79 Å². The van der Waals surface area contributed by atoms with Crippen molar-refractivity contribution in [1.29, 1.82) is 0 Å². The summed E-state index contributed by atoms with van der Waals surface area (Å²) in [4.78, 5) is 12.7. The van der Waals surface area contributed by atoms with Crippen molar-refractivity contribution in [1.82, 2.24) is 5.32 Å². The van der Waals surface area contributed by atoms with Crippen LogP contribution in [0.1, 0.15) is 35.4 Å². The van der Waals surface area contributed by atoms with Crippen LogP contribution in [0.15, 0.2) is 52.0 Å². The number of amides is 1. The van der Waals surface area contributed by atoms with Gasteiger partial charge in [-0.25, -0.2) is 8.42 Å². The van der Waals surface area contributed by atoms with Crippen molar-refractivity contribution in [2.24, 2.45) is 11.7 Å². The van der Waals surface area contributed by atoms with Crippen molar-refractivity contribution in [2.45, 2.75) is 36.0 Å². The van der Waals surface area contributed by atoms with E-state index in [1.807, 2.05) is 0 Å². The minimum atomic E-state index is -3.54. The molecule has 2 aromatic rings. The number of hydrogen-bond donors (Lipinski definition) is 2. The van der Waals surface area contributed by atoms with Crippen LogP contribution < -0.4 is 11.1 Å². The van der Waals surface area contributed by atoms with Crippen molar-refractivity contribution in [3.8, 4) is 0 Å². The third-order valence-corrected chi connectivity index (χ3v) is 6.36. The number of benzene rings is 1. The lowest BCUT2D eigenvalue weighted by molar-refractivity contribution is 0.0899. The van der Waals surface area contributed by atoms with Gasteiger partial charge in [0.15, 0.2) is 15.6 Å². The summed E-state index contributed by atoms with van der Waals surface area (Å²) in [7, 11) is -3.54. The number of rotatable bonds is 6. The fourth-order valence-corrected chi connectivity index (χ4v) is 4.68. The van der Waals surface area contributed by atoms with E-state index in [2.05, 4.69) is 5.32 Å². The standard InChI is InChI=1S/C18H22N2O4S.ClH/c19-11-13-5-4-8-16(13)20-18(21)17-14(9-10-24-17)12-25(22,23)15-6-2-1-3-7-15;/h1-3,6-7,9-10,13,16H,4-5,8,11-12,19H2,(H,20,21);1H. The van der Waals surface area contributed by atoms with Crippen LogP contribution in [0.2, 0.25) is 0 Å². The SMILES string of the molecule is Cl.NCC1CCCC1NC(=O)c1occc1CS(=O)(=O)c1ccccc1. The summed E-state index contributed by atoms with van der Waals surface area (Å²) >= 11 is 0.